The number of benzene rings is 1. The Bertz CT molecular complexity index is 1580. The first-order chi connectivity index (χ1) is 19.7. The maximum absolute atomic E-state index is 13.4. The number of rotatable bonds is 6. The monoisotopic (exact) mass is 588 g/mol. The van der Waals surface area contributed by atoms with Crippen LogP contribution in [0, 0.1) is 0 Å². The Morgan fingerprint density at radius 3 is 2.56 bits per heavy atom. The molecule has 0 bridgehead atoms. The molecule has 41 heavy (non-hydrogen) atoms. The largest absolute Gasteiger partial charge is 0.465 e. The Kier molecular flexibility index (Phi) is 7.05. The van der Waals surface area contributed by atoms with Crippen molar-refractivity contribution < 1.29 is 27.8 Å². The summed E-state index contributed by atoms with van der Waals surface area (Å²) in [4.78, 5) is 27.9. The van der Waals surface area contributed by atoms with Crippen LogP contribution in [-0.4, -0.2) is 73.6 Å². The summed E-state index contributed by atoms with van der Waals surface area (Å²) >= 11 is 1.55. The third kappa shape index (κ3) is 5.45. The standard InChI is InChI=1S/C26H27F3N8O3S/c1-2-4-18-14-19-21(36-11-12-37-20(15-36)32-33-23(37)26(27,28)29)30-24(31-22(19)41-18)40-17-6-3-5-16(13-17)34-7-9-35(10-8-34)25(38)39/h3,5-6,13-14H,2,4,7-12,15H2,1H3,(H,38,39). The van der Waals surface area contributed by atoms with Gasteiger partial charge in [-0.25, -0.2) is 4.79 Å². The average Bonchev–Trinajstić information content (AvgIpc) is 3.56. The summed E-state index contributed by atoms with van der Waals surface area (Å²) in [6.45, 7) is 4.52. The number of alkyl halides is 3. The second kappa shape index (κ2) is 10.7. The number of aromatic nitrogens is 5. The minimum absolute atomic E-state index is 0.0714. The fourth-order valence-electron chi connectivity index (χ4n) is 5.15. The molecule has 2 aliphatic heterocycles. The molecule has 11 nitrogen and oxygen atoms in total. The number of halogens is 3. The molecule has 1 saturated heterocycles. The van der Waals surface area contributed by atoms with Crippen molar-refractivity contribution in [2.45, 2.75) is 39.0 Å². The van der Waals surface area contributed by atoms with Crippen LogP contribution >= 0.6 is 11.3 Å². The van der Waals surface area contributed by atoms with Crippen LogP contribution in [0.2, 0.25) is 0 Å². The summed E-state index contributed by atoms with van der Waals surface area (Å²) in [5.74, 6) is 0.325. The molecule has 5 heterocycles. The molecule has 6 rings (SSSR count). The van der Waals surface area contributed by atoms with E-state index in [0.29, 0.717) is 37.7 Å². The molecule has 0 aliphatic carbocycles. The van der Waals surface area contributed by atoms with E-state index in [4.69, 9.17) is 9.72 Å². The number of aryl methyl sites for hydroxylation is 1. The van der Waals surface area contributed by atoms with Crippen molar-refractivity contribution in [2.24, 2.45) is 0 Å². The molecule has 216 valence electrons. The number of hydrogen-bond donors (Lipinski definition) is 1. The zero-order valence-corrected chi connectivity index (χ0v) is 23.0. The van der Waals surface area contributed by atoms with Gasteiger partial charge in [-0.1, -0.05) is 19.4 Å². The molecule has 1 amide bonds. The molecule has 0 spiro atoms. The van der Waals surface area contributed by atoms with Crippen molar-refractivity contribution in [3.8, 4) is 11.8 Å². The Labute approximate surface area is 236 Å². The third-order valence-corrected chi connectivity index (χ3v) is 8.24. The minimum atomic E-state index is -4.57. The molecule has 0 radical (unpaired) electrons. The van der Waals surface area contributed by atoms with Crippen LogP contribution in [0.5, 0.6) is 11.8 Å². The number of carbonyl (C=O) groups is 1. The highest BCUT2D eigenvalue weighted by Crippen LogP contribution is 2.37. The van der Waals surface area contributed by atoms with Gasteiger partial charge in [-0.2, -0.15) is 23.1 Å². The Morgan fingerprint density at radius 1 is 1.05 bits per heavy atom. The first kappa shape index (κ1) is 27.1. The minimum Gasteiger partial charge on any atom is -0.465 e. The summed E-state index contributed by atoms with van der Waals surface area (Å²) in [7, 11) is 0. The second-order valence-corrected chi connectivity index (χ2v) is 11.0. The van der Waals surface area contributed by atoms with Gasteiger partial charge in [0.05, 0.1) is 11.9 Å². The maximum atomic E-state index is 13.4. The van der Waals surface area contributed by atoms with Gasteiger partial charge >= 0.3 is 18.3 Å². The van der Waals surface area contributed by atoms with Crippen molar-refractivity contribution >= 4 is 39.2 Å². The summed E-state index contributed by atoms with van der Waals surface area (Å²) in [5.41, 5.74) is 0.894. The Balaban J connectivity index is 1.29. The molecule has 3 aromatic heterocycles. The van der Waals surface area contributed by atoms with Gasteiger partial charge in [0.1, 0.15) is 16.4 Å². The molecular weight excluding hydrogens is 561 g/mol. The van der Waals surface area contributed by atoms with Crippen molar-refractivity contribution in [2.75, 3.05) is 42.5 Å². The van der Waals surface area contributed by atoms with E-state index in [2.05, 4.69) is 27.0 Å². The molecule has 1 N–H and O–H groups in total. The van der Waals surface area contributed by atoms with Crippen molar-refractivity contribution in [1.29, 1.82) is 0 Å². The number of amides is 1. The van der Waals surface area contributed by atoms with Gasteiger partial charge in [-0.15, -0.1) is 21.5 Å². The number of carboxylic acid groups (broad SMARTS) is 1. The molecule has 1 fully saturated rings. The molecule has 4 aromatic rings. The Morgan fingerprint density at radius 2 is 1.83 bits per heavy atom. The quantitative estimate of drug-likeness (QED) is 0.337. The number of thiophene rings is 1. The highest BCUT2D eigenvalue weighted by atomic mass is 32.1. The van der Waals surface area contributed by atoms with Crippen LogP contribution in [0.4, 0.5) is 29.5 Å². The predicted octanol–water partition coefficient (Wildman–Crippen LogP) is 4.87. The second-order valence-electron chi connectivity index (χ2n) is 9.88. The van der Waals surface area contributed by atoms with Gasteiger partial charge < -0.3 is 29.1 Å². The van der Waals surface area contributed by atoms with Crippen LogP contribution in [0.25, 0.3) is 10.2 Å². The summed E-state index contributed by atoms with van der Waals surface area (Å²) < 4.78 is 47.4. The predicted molar refractivity (Wildman–Crippen MR) is 146 cm³/mol. The van der Waals surface area contributed by atoms with Gasteiger partial charge in [0.2, 0.25) is 5.82 Å². The van der Waals surface area contributed by atoms with Gasteiger partial charge in [0, 0.05) is 55.9 Å². The van der Waals surface area contributed by atoms with E-state index in [1.807, 2.05) is 29.2 Å². The van der Waals surface area contributed by atoms with Crippen molar-refractivity contribution in [3.05, 3.63) is 46.9 Å². The first-order valence-electron chi connectivity index (χ1n) is 13.2. The van der Waals surface area contributed by atoms with Crippen molar-refractivity contribution in [1.82, 2.24) is 29.6 Å². The lowest BCUT2D eigenvalue weighted by atomic mass is 10.2. The smallest absolute Gasteiger partial charge is 0.451 e. The lowest BCUT2D eigenvalue weighted by Gasteiger charge is -2.34. The van der Waals surface area contributed by atoms with Crippen LogP contribution in [0.15, 0.2) is 30.3 Å². The van der Waals surface area contributed by atoms with E-state index < -0.39 is 18.1 Å². The SMILES string of the molecule is CCCc1cc2c(N3CCn4c(nnc4C(F)(F)F)C3)nc(Oc3cccc(N4CCN(C(=O)O)CC4)c3)nc2s1. The number of anilines is 2. The van der Waals surface area contributed by atoms with Gasteiger partial charge in [0.25, 0.3) is 0 Å². The number of ether oxygens (including phenoxy) is 1. The van der Waals surface area contributed by atoms with E-state index in [1.54, 1.807) is 17.4 Å². The van der Waals surface area contributed by atoms with Crippen LogP contribution in [0.3, 0.4) is 0 Å². The number of nitrogens with zero attached hydrogens (tertiary/aromatic N) is 8. The van der Waals surface area contributed by atoms with E-state index in [9.17, 15) is 23.1 Å². The molecular formula is C26H27F3N8O3S. The number of piperazine rings is 1. The van der Waals surface area contributed by atoms with E-state index in [0.717, 1.165) is 38.2 Å². The zero-order valence-electron chi connectivity index (χ0n) is 22.1. The van der Waals surface area contributed by atoms with Crippen LogP contribution in [-0.2, 0) is 25.7 Å². The highest BCUT2D eigenvalue weighted by Gasteiger charge is 2.40. The van der Waals surface area contributed by atoms with Crippen molar-refractivity contribution in [3.63, 3.8) is 0 Å². The van der Waals surface area contributed by atoms with Gasteiger partial charge in [-0.05, 0) is 24.6 Å². The molecule has 15 heteroatoms. The zero-order chi connectivity index (χ0) is 28.7. The van der Waals surface area contributed by atoms with Gasteiger partial charge in [0.15, 0.2) is 5.82 Å². The highest BCUT2D eigenvalue weighted by molar-refractivity contribution is 7.18. The lowest BCUT2D eigenvalue weighted by Crippen LogP contribution is -2.48. The lowest BCUT2D eigenvalue weighted by molar-refractivity contribution is -0.147. The molecule has 0 atom stereocenters. The van der Waals surface area contributed by atoms with E-state index in [1.165, 1.54) is 4.90 Å². The van der Waals surface area contributed by atoms with Crippen LogP contribution < -0.4 is 14.5 Å². The molecule has 0 saturated carbocycles. The third-order valence-electron chi connectivity index (χ3n) is 7.15. The van der Waals surface area contributed by atoms with Crippen LogP contribution in [0.1, 0.15) is 29.9 Å². The average molecular weight is 589 g/mol. The Hall–Kier alpha value is -4.14. The van der Waals surface area contributed by atoms with Gasteiger partial charge in [-0.3, -0.25) is 0 Å². The first-order valence-corrected chi connectivity index (χ1v) is 14.1. The summed E-state index contributed by atoms with van der Waals surface area (Å²) in [5, 5.41) is 17.2. The van der Waals surface area contributed by atoms with E-state index in [-0.39, 0.29) is 31.5 Å². The fourth-order valence-corrected chi connectivity index (χ4v) is 6.26. The topological polar surface area (TPSA) is 113 Å². The maximum Gasteiger partial charge on any atom is 0.451 e. The fraction of sp³-hybridized carbons (Fsp3) is 0.423. The number of fused-ring (bicyclic) bond motifs is 2. The van der Waals surface area contributed by atoms with E-state index >= 15 is 0 Å². The molecule has 2 aliphatic rings. The summed E-state index contributed by atoms with van der Waals surface area (Å²) in [6, 6.07) is 9.63. The summed E-state index contributed by atoms with van der Waals surface area (Å²) in [6.07, 6.45) is -3.66. The number of hydrogen-bond acceptors (Lipinski definition) is 9. The molecule has 0 unspecified atom stereocenters. The normalized spacial score (nSPS) is 15.9. The molecule has 1 aromatic carbocycles.